The number of hydrogen-bond acceptors (Lipinski definition) is 15. The van der Waals surface area contributed by atoms with Crippen LogP contribution in [0.4, 0.5) is 0 Å². The molecule has 89 heavy (non-hydrogen) atoms. The molecule has 0 bridgehead atoms. The summed E-state index contributed by atoms with van der Waals surface area (Å²) in [7, 11) is -9.90. The smallest absolute Gasteiger partial charge is 0.462 e. The van der Waals surface area contributed by atoms with Gasteiger partial charge < -0.3 is 33.8 Å². The standard InChI is InChI=1S/C70H136O17P2/c1-8-9-10-11-27-37-44-51-67(72)80-57-65(87-70(75)54-47-40-33-26-30-36-43-50-63(6)7)59-84-88(76,77)82-55-64(71)56-83-89(78,79)85-60-66(86-69(74)53-46-39-32-25-21-17-13-15-19-23-29-35-42-49-62(4)5)58-81-68(73)52-45-38-31-24-20-16-12-14-18-22-28-34-41-48-61(2)3/h61-66,71H,8-60H2,1-7H3,(H,76,77)(H,78,79)/t64-,65+,66+/m0/s1. The molecule has 2 unspecified atom stereocenters. The van der Waals surface area contributed by atoms with Gasteiger partial charge in [0.15, 0.2) is 12.2 Å². The molecule has 0 spiro atoms. The fourth-order valence-electron chi connectivity index (χ4n) is 10.5. The zero-order valence-corrected chi connectivity index (χ0v) is 59.7. The van der Waals surface area contributed by atoms with E-state index in [1.807, 2.05) is 0 Å². The van der Waals surface area contributed by atoms with Gasteiger partial charge in [-0.15, -0.1) is 0 Å². The summed E-state index contributed by atoms with van der Waals surface area (Å²) in [6.45, 7) is 11.8. The molecule has 17 nitrogen and oxygen atoms in total. The highest BCUT2D eigenvalue weighted by molar-refractivity contribution is 7.47. The number of rotatable bonds is 68. The van der Waals surface area contributed by atoms with Gasteiger partial charge in [-0.05, 0) is 43.4 Å². The molecule has 0 radical (unpaired) electrons. The van der Waals surface area contributed by atoms with E-state index in [0.717, 1.165) is 115 Å². The molecule has 3 N–H and O–H groups in total. The molecule has 0 saturated heterocycles. The lowest BCUT2D eigenvalue weighted by Gasteiger charge is -2.21. The van der Waals surface area contributed by atoms with Crippen molar-refractivity contribution in [2.24, 2.45) is 17.8 Å². The van der Waals surface area contributed by atoms with Crippen molar-refractivity contribution in [1.82, 2.24) is 0 Å². The third-order valence-corrected chi connectivity index (χ3v) is 18.0. The Balaban J connectivity index is 5.20. The summed E-state index contributed by atoms with van der Waals surface area (Å²) in [5, 5.41) is 10.6. The summed E-state index contributed by atoms with van der Waals surface area (Å²) in [6, 6.07) is 0. The highest BCUT2D eigenvalue weighted by atomic mass is 31.2. The number of aliphatic hydroxyl groups excluding tert-OH is 1. The van der Waals surface area contributed by atoms with Gasteiger partial charge in [0.25, 0.3) is 0 Å². The lowest BCUT2D eigenvalue weighted by atomic mass is 10.0. The molecule has 0 aromatic heterocycles. The van der Waals surface area contributed by atoms with E-state index >= 15 is 0 Å². The molecule has 0 heterocycles. The van der Waals surface area contributed by atoms with Crippen LogP contribution in [0, 0.1) is 17.8 Å². The van der Waals surface area contributed by atoms with Crippen molar-refractivity contribution in [3.8, 4) is 0 Å². The Kier molecular flexibility index (Phi) is 59.6. The molecule has 0 aromatic carbocycles. The zero-order chi connectivity index (χ0) is 65.9. The van der Waals surface area contributed by atoms with E-state index < -0.39 is 97.5 Å². The summed E-state index contributed by atoms with van der Waals surface area (Å²) in [4.78, 5) is 72.4. The van der Waals surface area contributed by atoms with Crippen molar-refractivity contribution in [3.63, 3.8) is 0 Å². The number of phosphoric acid groups is 2. The number of phosphoric ester groups is 2. The van der Waals surface area contributed by atoms with Crippen LogP contribution in [-0.4, -0.2) is 96.7 Å². The summed E-state index contributed by atoms with van der Waals surface area (Å²) < 4.78 is 68.2. The Bertz CT molecular complexity index is 1750. The maximum atomic E-state index is 13.0. The van der Waals surface area contributed by atoms with Gasteiger partial charge in [-0.1, -0.05) is 299 Å². The van der Waals surface area contributed by atoms with E-state index in [-0.39, 0.29) is 25.7 Å². The maximum absolute atomic E-state index is 13.0. The molecule has 19 heteroatoms. The van der Waals surface area contributed by atoms with Crippen molar-refractivity contribution >= 4 is 39.5 Å². The summed E-state index contributed by atoms with van der Waals surface area (Å²) in [5.41, 5.74) is 0. The molecule has 0 saturated carbocycles. The average molecular weight is 1310 g/mol. The highest BCUT2D eigenvalue weighted by Gasteiger charge is 2.30. The second-order valence-corrected chi connectivity index (χ2v) is 29.6. The monoisotopic (exact) mass is 1310 g/mol. The van der Waals surface area contributed by atoms with Crippen molar-refractivity contribution in [3.05, 3.63) is 0 Å². The topological polar surface area (TPSA) is 237 Å². The number of aliphatic hydroxyl groups is 1. The van der Waals surface area contributed by atoms with Gasteiger partial charge in [-0.2, -0.15) is 0 Å². The SMILES string of the molecule is CCCCCCCCCC(=O)OC[C@H](COP(=O)(O)OC[C@H](O)COP(=O)(O)OC[C@@H](COC(=O)CCCCCCCCCCCCCCCC(C)C)OC(=O)CCCCCCCCCCCCCCCC(C)C)OC(=O)CCCCCCCCCC(C)C. The van der Waals surface area contributed by atoms with Crippen molar-refractivity contribution in [2.75, 3.05) is 39.6 Å². The van der Waals surface area contributed by atoms with Gasteiger partial charge in [-0.25, -0.2) is 9.13 Å². The van der Waals surface area contributed by atoms with Gasteiger partial charge in [0, 0.05) is 25.7 Å². The fraction of sp³-hybridized carbons (Fsp3) is 0.943. The van der Waals surface area contributed by atoms with Gasteiger partial charge >= 0.3 is 39.5 Å². The van der Waals surface area contributed by atoms with Crippen molar-refractivity contribution in [1.29, 1.82) is 0 Å². The van der Waals surface area contributed by atoms with Gasteiger partial charge in [0.1, 0.15) is 19.3 Å². The first-order chi connectivity index (χ1) is 42.7. The number of hydrogen-bond donors (Lipinski definition) is 3. The van der Waals surface area contributed by atoms with Crippen LogP contribution in [0.3, 0.4) is 0 Å². The first-order valence-corrected chi connectivity index (χ1v) is 39.3. The third-order valence-electron chi connectivity index (χ3n) is 16.1. The maximum Gasteiger partial charge on any atom is 0.472 e. The molecule has 0 aromatic rings. The minimum atomic E-state index is -4.95. The average Bonchev–Trinajstić information content (AvgIpc) is 3.53. The number of carbonyl (C=O) groups excluding carboxylic acids is 4. The molecule has 0 fully saturated rings. The molecular weight excluding hydrogens is 1170 g/mol. The zero-order valence-electron chi connectivity index (χ0n) is 57.9. The van der Waals surface area contributed by atoms with Crippen molar-refractivity contribution < 1.29 is 80.2 Å². The van der Waals surface area contributed by atoms with Crippen LogP contribution in [-0.2, 0) is 65.4 Å². The number of esters is 4. The molecule has 528 valence electrons. The second-order valence-electron chi connectivity index (χ2n) is 26.7. The first-order valence-electron chi connectivity index (χ1n) is 36.3. The molecule has 0 aliphatic carbocycles. The van der Waals surface area contributed by atoms with Crippen LogP contribution in [0.25, 0.3) is 0 Å². The number of unbranched alkanes of at least 4 members (excludes halogenated alkanes) is 36. The quantitative estimate of drug-likeness (QED) is 0.0222. The molecule has 0 aliphatic rings. The van der Waals surface area contributed by atoms with E-state index in [1.165, 1.54) is 148 Å². The van der Waals surface area contributed by atoms with Crippen LogP contribution in [0.1, 0.15) is 350 Å². The van der Waals surface area contributed by atoms with Crippen LogP contribution < -0.4 is 0 Å². The van der Waals surface area contributed by atoms with E-state index in [1.54, 1.807) is 0 Å². The Morgan fingerprint density at radius 1 is 0.303 bits per heavy atom. The van der Waals surface area contributed by atoms with E-state index in [4.69, 9.17) is 37.0 Å². The lowest BCUT2D eigenvalue weighted by Crippen LogP contribution is -2.30. The van der Waals surface area contributed by atoms with Gasteiger partial charge in [-0.3, -0.25) is 37.3 Å². The van der Waals surface area contributed by atoms with Crippen LogP contribution >= 0.6 is 15.6 Å². The Hall–Kier alpha value is -1.94. The van der Waals surface area contributed by atoms with E-state index in [0.29, 0.717) is 31.6 Å². The summed E-state index contributed by atoms with van der Waals surface area (Å²) >= 11 is 0. The number of ether oxygens (including phenoxy) is 4. The second kappa shape index (κ2) is 61.0. The van der Waals surface area contributed by atoms with Crippen molar-refractivity contribution in [2.45, 2.75) is 369 Å². The molecule has 5 atom stereocenters. The molecule has 0 amide bonds. The Labute approximate surface area is 543 Å². The van der Waals surface area contributed by atoms with Crippen LogP contribution in [0.15, 0.2) is 0 Å². The normalized spacial score (nSPS) is 14.2. The fourth-order valence-corrected chi connectivity index (χ4v) is 12.1. The molecule has 0 aliphatic heterocycles. The minimum Gasteiger partial charge on any atom is -0.462 e. The molecular formula is C70H136O17P2. The minimum absolute atomic E-state index is 0.103. The van der Waals surface area contributed by atoms with E-state index in [2.05, 4.69) is 48.5 Å². The van der Waals surface area contributed by atoms with E-state index in [9.17, 15) is 43.2 Å². The predicted octanol–water partition coefficient (Wildman–Crippen LogP) is 19.8. The summed E-state index contributed by atoms with van der Waals surface area (Å²) in [5.74, 6) is 0.141. The number of carbonyl (C=O) groups is 4. The predicted molar refractivity (Wildman–Crippen MR) is 358 cm³/mol. The largest absolute Gasteiger partial charge is 0.472 e. The Morgan fingerprint density at radius 2 is 0.517 bits per heavy atom. The Morgan fingerprint density at radius 3 is 0.764 bits per heavy atom. The highest BCUT2D eigenvalue weighted by Crippen LogP contribution is 2.45. The van der Waals surface area contributed by atoms with Crippen LogP contribution in [0.2, 0.25) is 0 Å². The van der Waals surface area contributed by atoms with Crippen LogP contribution in [0.5, 0.6) is 0 Å². The third kappa shape index (κ3) is 64.6. The first kappa shape index (κ1) is 87.1. The lowest BCUT2D eigenvalue weighted by molar-refractivity contribution is -0.161. The van der Waals surface area contributed by atoms with Gasteiger partial charge in [0.05, 0.1) is 26.4 Å². The summed E-state index contributed by atoms with van der Waals surface area (Å²) in [6.07, 6.45) is 44.7. The molecule has 0 rings (SSSR count). The van der Waals surface area contributed by atoms with Gasteiger partial charge in [0.2, 0.25) is 0 Å².